The molecule has 4 N–H and O–H groups in total. The molecule has 1 amide bonds. The Balaban J connectivity index is 1.91. The number of halogens is 1. The second-order valence-electron chi connectivity index (χ2n) is 4.99. The zero-order valence-electron chi connectivity index (χ0n) is 12.4. The first-order valence-corrected chi connectivity index (χ1v) is 7.02. The average Bonchev–Trinajstić information content (AvgIpc) is 2.57. The van der Waals surface area contributed by atoms with Gasteiger partial charge in [-0.05, 0) is 48.5 Å². The number of aromatic nitrogens is 2. The molecule has 0 saturated heterocycles. The minimum absolute atomic E-state index is 0.0131. The van der Waals surface area contributed by atoms with Crippen LogP contribution in [0.3, 0.4) is 0 Å². The molecule has 24 heavy (non-hydrogen) atoms. The summed E-state index contributed by atoms with van der Waals surface area (Å²) >= 11 is 0. The maximum absolute atomic E-state index is 12.9. The number of amides is 1. The number of nitrogens with one attached hydrogen (secondary N) is 1. The van der Waals surface area contributed by atoms with Crippen LogP contribution in [0.25, 0.3) is 11.3 Å². The Kier molecular flexibility index (Phi) is 4.07. The maximum Gasteiger partial charge on any atom is 0.252 e. The third-order valence-corrected chi connectivity index (χ3v) is 3.31. The summed E-state index contributed by atoms with van der Waals surface area (Å²) in [7, 11) is 0. The van der Waals surface area contributed by atoms with Gasteiger partial charge in [-0.3, -0.25) is 4.79 Å². The van der Waals surface area contributed by atoms with Crippen LogP contribution in [-0.2, 0) is 0 Å². The van der Waals surface area contributed by atoms with Crippen LogP contribution in [0.15, 0.2) is 54.7 Å². The van der Waals surface area contributed by atoms with Gasteiger partial charge in [0.1, 0.15) is 11.6 Å². The first kappa shape index (κ1) is 15.4. The molecule has 2 aromatic carbocycles. The molecule has 0 saturated carbocycles. The summed E-state index contributed by atoms with van der Waals surface area (Å²) in [5, 5.41) is 12.6. The van der Waals surface area contributed by atoms with Gasteiger partial charge in [0.2, 0.25) is 5.95 Å². The van der Waals surface area contributed by atoms with E-state index in [1.54, 1.807) is 30.5 Å². The summed E-state index contributed by atoms with van der Waals surface area (Å²) in [4.78, 5) is 19.8. The minimum Gasteiger partial charge on any atom is -0.507 e. The van der Waals surface area contributed by atoms with E-state index < -0.39 is 5.91 Å². The van der Waals surface area contributed by atoms with Crippen molar-refractivity contribution in [2.24, 2.45) is 5.73 Å². The van der Waals surface area contributed by atoms with Crippen LogP contribution >= 0.6 is 0 Å². The number of anilines is 2. The molecule has 120 valence electrons. The first-order chi connectivity index (χ1) is 11.5. The summed E-state index contributed by atoms with van der Waals surface area (Å²) in [6, 6.07) is 11.9. The lowest BCUT2D eigenvalue weighted by Crippen LogP contribution is -2.11. The first-order valence-electron chi connectivity index (χ1n) is 7.02. The van der Waals surface area contributed by atoms with Crippen molar-refractivity contribution >= 4 is 17.5 Å². The molecule has 3 rings (SSSR count). The van der Waals surface area contributed by atoms with Crippen molar-refractivity contribution in [3.8, 4) is 17.0 Å². The van der Waals surface area contributed by atoms with Crippen LogP contribution in [0.5, 0.6) is 5.75 Å². The number of rotatable bonds is 4. The quantitative estimate of drug-likeness (QED) is 0.685. The molecule has 0 aliphatic carbocycles. The van der Waals surface area contributed by atoms with Gasteiger partial charge in [-0.25, -0.2) is 14.4 Å². The van der Waals surface area contributed by atoms with Crippen LogP contribution in [0.2, 0.25) is 0 Å². The number of nitrogens with two attached hydrogens (primary N) is 1. The van der Waals surface area contributed by atoms with E-state index in [4.69, 9.17) is 5.73 Å². The molecule has 0 bridgehead atoms. The van der Waals surface area contributed by atoms with Crippen molar-refractivity contribution in [2.45, 2.75) is 0 Å². The molecule has 0 fully saturated rings. The smallest absolute Gasteiger partial charge is 0.252 e. The van der Waals surface area contributed by atoms with Crippen LogP contribution in [-0.4, -0.2) is 21.0 Å². The van der Waals surface area contributed by atoms with Gasteiger partial charge < -0.3 is 16.2 Å². The van der Waals surface area contributed by atoms with Gasteiger partial charge in [-0.15, -0.1) is 0 Å². The lowest BCUT2D eigenvalue weighted by Gasteiger charge is -2.08. The second kappa shape index (κ2) is 6.33. The van der Waals surface area contributed by atoms with Crippen LogP contribution in [0, 0.1) is 5.82 Å². The van der Waals surface area contributed by atoms with E-state index in [-0.39, 0.29) is 17.1 Å². The SMILES string of the molecule is NC(=O)c1cc(-c2ccnc(Nc3ccc(F)cc3)n2)ccc1O. The number of nitrogens with zero attached hydrogens (tertiary/aromatic N) is 2. The highest BCUT2D eigenvalue weighted by molar-refractivity contribution is 5.96. The molecular weight excluding hydrogens is 311 g/mol. The van der Waals surface area contributed by atoms with Gasteiger partial charge in [0, 0.05) is 17.4 Å². The number of aromatic hydroxyl groups is 1. The van der Waals surface area contributed by atoms with Gasteiger partial charge in [0.05, 0.1) is 11.3 Å². The standard InChI is InChI=1S/C17H13FN4O2/c18-11-2-4-12(5-3-11)21-17-20-8-7-14(22-17)10-1-6-15(23)13(9-10)16(19)24/h1-9,23H,(H2,19,24)(H,20,21,22). The van der Waals surface area contributed by atoms with Crippen molar-refractivity contribution in [1.82, 2.24) is 9.97 Å². The molecule has 1 heterocycles. The topological polar surface area (TPSA) is 101 Å². The van der Waals surface area contributed by atoms with E-state index >= 15 is 0 Å². The molecule has 0 aliphatic rings. The predicted molar refractivity (Wildman–Crippen MR) is 87.3 cm³/mol. The number of benzene rings is 2. The lowest BCUT2D eigenvalue weighted by atomic mass is 10.1. The Hall–Kier alpha value is -3.48. The van der Waals surface area contributed by atoms with E-state index in [9.17, 15) is 14.3 Å². The Morgan fingerprint density at radius 3 is 2.58 bits per heavy atom. The highest BCUT2D eigenvalue weighted by Gasteiger charge is 2.10. The Morgan fingerprint density at radius 1 is 1.12 bits per heavy atom. The number of carbonyl (C=O) groups excluding carboxylic acids is 1. The molecular formula is C17H13FN4O2. The number of carbonyl (C=O) groups is 1. The minimum atomic E-state index is -0.729. The van der Waals surface area contributed by atoms with Gasteiger partial charge in [0.25, 0.3) is 5.91 Å². The summed E-state index contributed by atoms with van der Waals surface area (Å²) in [6.45, 7) is 0. The molecule has 0 radical (unpaired) electrons. The summed E-state index contributed by atoms with van der Waals surface area (Å²) in [5.41, 5.74) is 7.02. The Morgan fingerprint density at radius 2 is 1.88 bits per heavy atom. The maximum atomic E-state index is 12.9. The summed E-state index contributed by atoms with van der Waals surface area (Å²) < 4.78 is 12.9. The highest BCUT2D eigenvalue weighted by Crippen LogP contribution is 2.25. The zero-order chi connectivity index (χ0) is 17.1. The van der Waals surface area contributed by atoms with Crippen molar-refractivity contribution in [2.75, 3.05) is 5.32 Å². The molecule has 0 aliphatic heterocycles. The monoisotopic (exact) mass is 324 g/mol. The summed E-state index contributed by atoms with van der Waals surface area (Å²) in [5.74, 6) is -0.941. The van der Waals surface area contributed by atoms with E-state index in [2.05, 4.69) is 15.3 Å². The molecule has 7 heteroatoms. The average molecular weight is 324 g/mol. The Labute approximate surface area is 136 Å². The van der Waals surface area contributed by atoms with E-state index in [0.29, 0.717) is 22.9 Å². The van der Waals surface area contributed by atoms with Crippen molar-refractivity contribution in [3.05, 3.63) is 66.1 Å². The normalized spacial score (nSPS) is 10.4. The van der Waals surface area contributed by atoms with Crippen LogP contribution in [0.4, 0.5) is 16.0 Å². The van der Waals surface area contributed by atoms with Gasteiger partial charge in [0.15, 0.2) is 0 Å². The molecule has 0 atom stereocenters. The third kappa shape index (κ3) is 3.30. The van der Waals surface area contributed by atoms with Crippen molar-refractivity contribution in [3.63, 3.8) is 0 Å². The highest BCUT2D eigenvalue weighted by atomic mass is 19.1. The van der Waals surface area contributed by atoms with Crippen molar-refractivity contribution < 1.29 is 14.3 Å². The number of hydrogen-bond acceptors (Lipinski definition) is 5. The Bertz CT molecular complexity index is 897. The largest absolute Gasteiger partial charge is 0.507 e. The number of hydrogen-bond donors (Lipinski definition) is 3. The van der Waals surface area contributed by atoms with Crippen LogP contribution < -0.4 is 11.1 Å². The molecule has 1 aromatic heterocycles. The van der Waals surface area contributed by atoms with Gasteiger partial charge in [-0.2, -0.15) is 0 Å². The lowest BCUT2D eigenvalue weighted by molar-refractivity contribution is 0.0998. The summed E-state index contributed by atoms with van der Waals surface area (Å²) in [6.07, 6.45) is 1.55. The molecule has 0 spiro atoms. The van der Waals surface area contributed by atoms with Crippen molar-refractivity contribution in [1.29, 1.82) is 0 Å². The van der Waals surface area contributed by atoms with Gasteiger partial charge in [-0.1, -0.05) is 0 Å². The van der Waals surface area contributed by atoms with Crippen LogP contribution in [0.1, 0.15) is 10.4 Å². The van der Waals surface area contributed by atoms with Gasteiger partial charge >= 0.3 is 0 Å². The molecule has 0 unspecified atom stereocenters. The number of primary amides is 1. The number of phenols is 1. The van der Waals surface area contributed by atoms with E-state index in [1.807, 2.05) is 0 Å². The zero-order valence-corrected chi connectivity index (χ0v) is 12.4. The fraction of sp³-hybridized carbons (Fsp3) is 0. The third-order valence-electron chi connectivity index (χ3n) is 3.31. The van der Waals surface area contributed by atoms with E-state index in [1.165, 1.54) is 24.3 Å². The second-order valence-corrected chi connectivity index (χ2v) is 4.99. The fourth-order valence-electron chi connectivity index (χ4n) is 2.13. The molecule has 6 nitrogen and oxygen atoms in total. The predicted octanol–water partition coefficient (Wildman–Crippen LogP) is 2.83. The fourth-order valence-corrected chi connectivity index (χ4v) is 2.13. The van der Waals surface area contributed by atoms with E-state index in [0.717, 1.165) is 0 Å². The molecule has 3 aromatic rings.